The van der Waals surface area contributed by atoms with Gasteiger partial charge in [-0.05, 0) is 6.07 Å². The van der Waals surface area contributed by atoms with Crippen LogP contribution in [0.15, 0.2) is 12.1 Å². The lowest BCUT2D eigenvalue weighted by molar-refractivity contribution is -0.118. The highest BCUT2D eigenvalue weighted by Crippen LogP contribution is 2.20. The lowest BCUT2D eigenvalue weighted by Crippen LogP contribution is -2.22. The molecule has 1 aromatic carbocycles. The zero-order valence-corrected chi connectivity index (χ0v) is 10.3. The van der Waals surface area contributed by atoms with Gasteiger partial charge in [-0.2, -0.15) is 0 Å². The smallest absolute Gasteiger partial charge is 0.254 e. The maximum Gasteiger partial charge on any atom is 0.254 e. The van der Waals surface area contributed by atoms with Crippen LogP contribution in [0.4, 0.5) is 14.5 Å². The van der Waals surface area contributed by atoms with Crippen LogP contribution in [0.2, 0.25) is 0 Å². The van der Waals surface area contributed by atoms with E-state index in [1.165, 1.54) is 7.05 Å². The first-order valence-corrected chi connectivity index (χ1v) is 5.38. The number of nitrogens with one attached hydrogen (secondary N) is 2. The first-order valence-electron chi connectivity index (χ1n) is 5.38. The number of amides is 2. The predicted octanol–water partition coefficient (Wildman–Crippen LogP) is 1.92. The van der Waals surface area contributed by atoms with Crippen molar-refractivity contribution in [2.45, 2.75) is 13.8 Å². The molecule has 0 saturated heterocycles. The molecule has 18 heavy (non-hydrogen) atoms. The van der Waals surface area contributed by atoms with E-state index in [9.17, 15) is 18.4 Å². The summed E-state index contributed by atoms with van der Waals surface area (Å²) < 4.78 is 26.8. The molecule has 1 aromatic rings. The summed E-state index contributed by atoms with van der Waals surface area (Å²) in [6.45, 7) is 3.27. The van der Waals surface area contributed by atoms with Gasteiger partial charge in [-0.3, -0.25) is 9.59 Å². The van der Waals surface area contributed by atoms with Gasteiger partial charge in [0.1, 0.15) is 11.6 Å². The molecule has 4 nitrogen and oxygen atoms in total. The van der Waals surface area contributed by atoms with Gasteiger partial charge in [-0.25, -0.2) is 8.78 Å². The van der Waals surface area contributed by atoms with Crippen LogP contribution in [-0.2, 0) is 4.79 Å². The Balaban J connectivity index is 3.13. The van der Waals surface area contributed by atoms with Crippen molar-refractivity contribution >= 4 is 17.5 Å². The van der Waals surface area contributed by atoms with Gasteiger partial charge in [0.05, 0.1) is 11.3 Å². The van der Waals surface area contributed by atoms with E-state index < -0.39 is 23.4 Å². The van der Waals surface area contributed by atoms with Gasteiger partial charge in [-0.1, -0.05) is 13.8 Å². The summed E-state index contributed by atoms with van der Waals surface area (Å²) in [6, 6.07) is 1.55. The van der Waals surface area contributed by atoms with Crippen LogP contribution >= 0.6 is 0 Å². The molecule has 0 heterocycles. The van der Waals surface area contributed by atoms with Crippen LogP contribution < -0.4 is 10.6 Å². The quantitative estimate of drug-likeness (QED) is 0.868. The minimum absolute atomic E-state index is 0.214. The van der Waals surface area contributed by atoms with Crippen molar-refractivity contribution in [3.63, 3.8) is 0 Å². The first-order chi connectivity index (χ1) is 8.36. The van der Waals surface area contributed by atoms with Crippen molar-refractivity contribution in [2.24, 2.45) is 5.92 Å². The lowest BCUT2D eigenvalue weighted by Gasteiger charge is -2.10. The zero-order chi connectivity index (χ0) is 13.9. The molecule has 6 heteroatoms. The lowest BCUT2D eigenvalue weighted by atomic mass is 10.1. The van der Waals surface area contributed by atoms with E-state index in [4.69, 9.17) is 0 Å². The standard InChI is InChI=1S/C12H14F2N2O2/c1-6(2)11(17)16-10-4-7(12(18)15-3)8(13)5-9(10)14/h4-6H,1-3H3,(H,15,18)(H,16,17). The average molecular weight is 256 g/mol. The fraction of sp³-hybridized carbons (Fsp3) is 0.333. The van der Waals surface area contributed by atoms with Gasteiger partial charge in [-0.15, -0.1) is 0 Å². The number of halogens is 2. The summed E-state index contributed by atoms with van der Waals surface area (Å²) in [4.78, 5) is 22.8. The second-order valence-electron chi connectivity index (χ2n) is 4.03. The zero-order valence-electron chi connectivity index (χ0n) is 10.3. The highest BCUT2D eigenvalue weighted by molar-refractivity contribution is 5.97. The van der Waals surface area contributed by atoms with Gasteiger partial charge in [0.15, 0.2) is 0 Å². The molecule has 0 atom stereocenters. The van der Waals surface area contributed by atoms with Crippen molar-refractivity contribution in [3.8, 4) is 0 Å². The number of anilines is 1. The number of carbonyl (C=O) groups excluding carboxylic acids is 2. The molecule has 0 aromatic heterocycles. The van der Waals surface area contributed by atoms with Crippen molar-refractivity contribution in [3.05, 3.63) is 29.3 Å². The molecule has 0 spiro atoms. The number of rotatable bonds is 3. The SMILES string of the molecule is CNC(=O)c1cc(NC(=O)C(C)C)c(F)cc1F. The Bertz CT molecular complexity index is 487. The Morgan fingerprint density at radius 1 is 1.17 bits per heavy atom. The predicted molar refractivity (Wildman–Crippen MR) is 63.2 cm³/mol. The monoisotopic (exact) mass is 256 g/mol. The Morgan fingerprint density at radius 2 is 1.78 bits per heavy atom. The molecule has 0 unspecified atom stereocenters. The Morgan fingerprint density at radius 3 is 2.28 bits per heavy atom. The van der Waals surface area contributed by atoms with Gasteiger partial charge in [0.2, 0.25) is 5.91 Å². The number of hydrogen-bond donors (Lipinski definition) is 2. The Kier molecular flexibility index (Phi) is 4.36. The van der Waals surface area contributed by atoms with Crippen molar-refractivity contribution in [1.29, 1.82) is 0 Å². The molecule has 0 aliphatic carbocycles. The third-order valence-corrected chi connectivity index (χ3v) is 2.31. The van der Waals surface area contributed by atoms with Crippen LogP contribution in [0.1, 0.15) is 24.2 Å². The molecular formula is C12H14F2N2O2. The minimum atomic E-state index is -0.977. The third kappa shape index (κ3) is 3.03. The summed E-state index contributed by atoms with van der Waals surface area (Å²) in [6.07, 6.45) is 0. The van der Waals surface area contributed by atoms with Crippen LogP contribution in [0.25, 0.3) is 0 Å². The molecule has 2 amide bonds. The molecule has 0 saturated carbocycles. The summed E-state index contributed by atoms with van der Waals surface area (Å²) in [5.41, 5.74) is -0.536. The van der Waals surface area contributed by atoms with Gasteiger partial charge >= 0.3 is 0 Å². The molecule has 2 N–H and O–H groups in total. The van der Waals surface area contributed by atoms with Crippen LogP contribution in [0.5, 0.6) is 0 Å². The van der Waals surface area contributed by atoms with Crippen LogP contribution in [0, 0.1) is 17.6 Å². The summed E-state index contributed by atoms with van der Waals surface area (Å²) in [7, 11) is 1.33. The molecule has 0 aliphatic heterocycles. The summed E-state index contributed by atoms with van der Waals surface area (Å²) >= 11 is 0. The van der Waals surface area contributed by atoms with E-state index >= 15 is 0 Å². The van der Waals surface area contributed by atoms with Crippen molar-refractivity contribution in [1.82, 2.24) is 5.32 Å². The average Bonchev–Trinajstić information content (AvgIpc) is 2.31. The number of carbonyl (C=O) groups is 2. The topological polar surface area (TPSA) is 58.2 Å². The van der Waals surface area contributed by atoms with Gasteiger partial charge in [0.25, 0.3) is 5.91 Å². The van der Waals surface area contributed by atoms with Crippen molar-refractivity contribution in [2.75, 3.05) is 12.4 Å². The maximum atomic E-state index is 13.4. The molecule has 0 aliphatic rings. The molecule has 1 rings (SSSR count). The van der Waals surface area contributed by atoms with E-state index in [1.807, 2.05) is 0 Å². The fourth-order valence-electron chi connectivity index (χ4n) is 1.23. The summed E-state index contributed by atoms with van der Waals surface area (Å²) in [5, 5.41) is 4.53. The van der Waals surface area contributed by atoms with Crippen LogP contribution in [-0.4, -0.2) is 18.9 Å². The Hall–Kier alpha value is -1.98. The second kappa shape index (κ2) is 5.57. The van der Waals surface area contributed by atoms with Gasteiger partial charge in [0, 0.05) is 19.0 Å². The number of benzene rings is 1. The third-order valence-electron chi connectivity index (χ3n) is 2.31. The van der Waals surface area contributed by atoms with E-state index in [0.717, 1.165) is 6.07 Å². The molecule has 98 valence electrons. The largest absolute Gasteiger partial charge is 0.355 e. The molecular weight excluding hydrogens is 242 g/mol. The molecule has 0 fully saturated rings. The highest BCUT2D eigenvalue weighted by Gasteiger charge is 2.17. The van der Waals surface area contributed by atoms with Crippen LogP contribution in [0.3, 0.4) is 0 Å². The minimum Gasteiger partial charge on any atom is -0.355 e. The highest BCUT2D eigenvalue weighted by atomic mass is 19.1. The maximum absolute atomic E-state index is 13.4. The molecule has 0 radical (unpaired) electrons. The number of hydrogen-bond acceptors (Lipinski definition) is 2. The Labute approximate surface area is 103 Å². The van der Waals surface area contributed by atoms with E-state index in [0.29, 0.717) is 6.07 Å². The normalized spacial score (nSPS) is 10.3. The van der Waals surface area contributed by atoms with Crippen molar-refractivity contribution < 1.29 is 18.4 Å². The second-order valence-corrected chi connectivity index (χ2v) is 4.03. The summed E-state index contributed by atoms with van der Waals surface area (Å²) in [5.74, 6) is -3.35. The first kappa shape index (κ1) is 14.1. The van der Waals surface area contributed by atoms with E-state index in [1.54, 1.807) is 13.8 Å². The van der Waals surface area contributed by atoms with E-state index in [-0.39, 0.29) is 17.2 Å². The van der Waals surface area contributed by atoms with Gasteiger partial charge < -0.3 is 10.6 Å². The fourth-order valence-corrected chi connectivity index (χ4v) is 1.23. The molecule has 0 bridgehead atoms. The van der Waals surface area contributed by atoms with E-state index in [2.05, 4.69) is 10.6 Å².